The first-order valence-electron chi connectivity index (χ1n) is 8.42. The van der Waals surface area contributed by atoms with Crippen molar-refractivity contribution in [1.29, 1.82) is 0 Å². The van der Waals surface area contributed by atoms with Crippen LogP contribution in [0.4, 0.5) is 5.69 Å². The van der Waals surface area contributed by atoms with Crippen LogP contribution in [0.1, 0.15) is 23.0 Å². The summed E-state index contributed by atoms with van der Waals surface area (Å²) < 4.78 is 1.14. The van der Waals surface area contributed by atoms with E-state index in [1.54, 1.807) is 24.3 Å². The number of hydrogen-bond donors (Lipinski definition) is 3. The Bertz CT molecular complexity index is 1080. The smallest absolute Gasteiger partial charge is 0.290 e. The third kappa shape index (κ3) is 4.12. The van der Waals surface area contributed by atoms with Gasteiger partial charge in [-0.05, 0) is 42.4 Å². The Balaban J connectivity index is 1.73. The lowest BCUT2D eigenvalue weighted by Crippen LogP contribution is -2.44. The summed E-state index contributed by atoms with van der Waals surface area (Å²) in [4.78, 5) is 24.7. The number of carbonyl (C=O) groups excluding carboxylic acids is 1. The summed E-state index contributed by atoms with van der Waals surface area (Å²) >= 11 is 5.21. The summed E-state index contributed by atoms with van der Waals surface area (Å²) in [6.07, 6.45) is 0.915. The highest BCUT2D eigenvalue weighted by molar-refractivity contribution is 7.80. The summed E-state index contributed by atoms with van der Waals surface area (Å²) in [5, 5.41) is 8.24. The maximum absolute atomic E-state index is 12.5. The molecule has 1 amide bonds. The molecule has 0 spiro atoms. The minimum Gasteiger partial charge on any atom is -0.331 e. The van der Waals surface area contributed by atoms with Crippen molar-refractivity contribution in [2.75, 3.05) is 5.32 Å². The van der Waals surface area contributed by atoms with Crippen LogP contribution in [0.5, 0.6) is 0 Å². The number of amides is 1. The fraction of sp³-hybridized carbons (Fsp3) is 0.158. The number of hydrogen-bond acceptors (Lipinski definition) is 4. The molecule has 0 atom stereocenters. The van der Waals surface area contributed by atoms with Gasteiger partial charge >= 0.3 is 0 Å². The van der Waals surface area contributed by atoms with E-state index in [2.05, 4.69) is 28.2 Å². The molecular weight excluding hydrogens is 362 g/mol. The van der Waals surface area contributed by atoms with Crippen molar-refractivity contribution in [3.8, 4) is 0 Å². The number of benzene rings is 2. The normalized spacial score (nSPS) is 10.4. The molecule has 138 valence electrons. The molecule has 27 heavy (non-hydrogen) atoms. The fourth-order valence-electron chi connectivity index (χ4n) is 2.67. The average Bonchev–Trinajstić information content (AvgIpc) is 2.69. The molecule has 0 saturated heterocycles. The van der Waals surface area contributed by atoms with Crippen molar-refractivity contribution >= 4 is 39.7 Å². The van der Waals surface area contributed by atoms with Crippen LogP contribution in [-0.4, -0.2) is 20.8 Å². The van der Waals surface area contributed by atoms with Crippen molar-refractivity contribution < 1.29 is 4.79 Å². The van der Waals surface area contributed by atoms with Gasteiger partial charge in [0.15, 0.2) is 10.8 Å². The zero-order valence-electron chi connectivity index (χ0n) is 14.9. The van der Waals surface area contributed by atoms with E-state index in [0.29, 0.717) is 10.8 Å². The molecule has 0 radical (unpaired) electrons. The number of aryl methyl sites for hydroxylation is 2. The lowest BCUT2D eigenvalue weighted by atomic mass is 10.1. The lowest BCUT2D eigenvalue weighted by Gasteiger charge is -2.13. The van der Waals surface area contributed by atoms with Gasteiger partial charge in [-0.1, -0.05) is 37.3 Å². The van der Waals surface area contributed by atoms with Gasteiger partial charge in [0.05, 0.1) is 5.39 Å². The Morgan fingerprint density at radius 2 is 1.85 bits per heavy atom. The molecule has 3 aromatic rings. The molecule has 0 saturated carbocycles. The van der Waals surface area contributed by atoms with E-state index < -0.39 is 5.91 Å². The molecule has 0 aliphatic carbocycles. The zero-order chi connectivity index (χ0) is 19.4. The Morgan fingerprint density at radius 3 is 2.59 bits per heavy atom. The summed E-state index contributed by atoms with van der Waals surface area (Å²) in [7, 11) is 1.51. The highest BCUT2D eigenvalue weighted by Gasteiger charge is 2.15. The second kappa shape index (κ2) is 7.96. The average molecular weight is 381 g/mol. The van der Waals surface area contributed by atoms with Gasteiger partial charge in [0.1, 0.15) is 0 Å². The molecule has 1 aromatic heterocycles. The van der Waals surface area contributed by atoms with Crippen LogP contribution in [0.25, 0.3) is 10.8 Å². The second-order valence-corrected chi connectivity index (χ2v) is 6.32. The number of rotatable bonds is 3. The first-order valence-corrected chi connectivity index (χ1v) is 8.82. The van der Waals surface area contributed by atoms with Crippen LogP contribution in [0, 0.1) is 0 Å². The number of aromatic nitrogens is 2. The van der Waals surface area contributed by atoms with E-state index in [1.165, 1.54) is 12.6 Å². The minimum absolute atomic E-state index is 0.135. The van der Waals surface area contributed by atoms with Gasteiger partial charge in [0.2, 0.25) is 0 Å². The van der Waals surface area contributed by atoms with Crippen LogP contribution < -0.4 is 21.7 Å². The number of hydrazine groups is 1. The van der Waals surface area contributed by atoms with Gasteiger partial charge < -0.3 is 5.32 Å². The van der Waals surface area contributed by atoms with E-state index >= 15 is 0 Å². The number of carbonyl (C=O) groups is 1. The third-order valence-electron chi connectivity index (χ3n) is 4.05. The Hall–Kier alpha value is -3.26. The van der Waals surface area contributed by atoms with Crippen molar-refractivity contribution in [2.45, 2.75) is 13.3 Å². The number of anilines is 1. The van der Waals surface area contributed by atoms with E-state index in [0.717, 1.165) is 16.8 Å². The predicted molar refractivity (Wildman–Crippen MR) is 110 cm³/mol. The van der Waals surface area contributed by atoms with E-state index in [4.69, 9.17) is 12.2 Å². The van der Waals surface area contributed by atoms with Crippen LogP contribution >= 0.6 is 12.2 Å². The molecule has 0 aliphatic heterocycles. The molecule has 0 aliphatic rings. The molecule has 8 heteroatoms. The highest BCUT2D eigenvalue weighted by atomic mass is 32.1. The van der Waals surface area contributed by atoms with E-state index in [-0.39, 0.29) is 16.4 Å². The summed E-state index contributed by atoms with van der Waals surface area (Å²) in [5.41, 5.74) is 7.05. The second-order valence-electron chi connectivity index (χ2n) is 5.91. The molecule has 0 unspecified atom stereocenters. The van der Waals surface area contributed by atoms with Gasteiger partial charge in [0.25, 0.3) is 11.5 Å². The van der Waals surface area contributed by atoms with Crippen molar-refractivity contribution in [1.82, 2.24) is 20.6 Å². The van der Waals surface area contributed by atoms with Crippen molar-refractivity contribution in [2.24, 2.45) is 7.05 Å². The van der Waals surface area contributed by atoms with Crippen molar-refractivity contribution in [3.05, 3.63) is 70.1 Å². The SMILES string of the molecule is CCc1cccc(NC(=S)NNC(=O)c2nn(C)c(=O)c3ccccc23)c1. The summed E-state index contributed by atoms with van der Waals surface area (Å²) in [6, 6.07) is 14.7. The minimum atomic E-state index is -0.492. The Morgan fingerprint density at radius 1 is 1.11 bits per heavy atom. The standard InChI is InChI=1S/C19H19N5O2S/c1-3-12-7-6-8-13(11-12)20-19(27)22-21-17(25)16-14-9-4-5-10-15(14)18(26)24(2)23-16/h4-11H,3H2,1-2H3,(H,21,25)(H2,20,22,27). The molecule has 7 nitrogen and oxygen atoms in total. The van der Waals surface area contributed by atoms with Gasteiger partial charge in [-0.3, -0.25) is 20.4 Å². The van der Waals surface area contributed by atoms with Gasteiger partial charge in [-0.25, -0.2) is 4.68 Å². The van der Waals surface area contributed by atoms with Crippen LogP contribution in [-0.2, 0) is 13.5 Å². The van der Waals surface area contributed by atoms with Gasteiger partial charge in [-0.15, -0.1) is 0 Å². The largest absolute Gasteiger partial charge is 0.331 e. The van der Waals surface area contributed by atoms with Crippen LogP contribution in [0.15, 0.2) is 53.3 Å². The number of thiocarbonyl (C=S) groups is 1. The predicted octanol–water partition coefficient (Wildman–Crippen LogP) is 2.13. The molecule has 3 N–H and O–H groups in total. The molecule has 0 fully saturated rings. The number of fused-ring (bicyclic) bond motifs is 1. The zero-order valence-corrected chi connectivity index (χ0v) is 15.8. The molecule has 1 heterocycles. The fourth-order valence-corrected chi connectivity index (χ4v) is 2.84. The molecule has 2 aromatic carbocycles. The Labute approximate surface area is 161 Å². The van der Waals surface area contributed by atoms with E-state index in [9.17, 15) is 9.59 Å². The quantitative estimate of drug-likeness (QED) is 0.476. The monoisotopic (exact) mass is 381 g/mol. The first-order chi connectivity index (χ1) is 13.0. The first kappa shape index (κ1) is 18.5. The third-order valence-corrected chi connectivity index (χ3v) is 4.26. The summed E-state index contributed by atoms with van der Waals surface area (Å²) in [6.45, 7) is 2.07. The highest BCUT2D eigenvalue weighted by Crippen LogP contribution is 2.13. The number of nitrogens with zero attached hydrogens (tertiary/aromatic N) is 2. The maximum Gasteiger partial charge on any atom is 0.290 e. The summed E-state index contributed by atoms with van der Waals surface area (Å²) in [5.74, 6) is -0.492. The number of nitrogens with one attached hydrogen (secondary N) is 3. The molecule has 3 rings (SSSR count). The molecule has 0 bridgehead atoms. The van der Waals surface area contributed by atoms with E-state index in [1.807, 2.05) is 24.3 Å². The van der Waals surface area contributed by atoms with Crippen LogP contribution in [0.3, 0.4) is 0 Å². The van der Waals surface area contributed by atoms with Crippen LogP contribution in [0.2, 0.25) is 0 Å². The topological polar surface area (TPSA) is 88.0 Å². The van der Waals surface area contributed by atoms with Gasteiger partial charge in [0, 0.05) is 18.1 Å². The van der Waals surface area contributed by atoms with Gasteiger partial charge in [-0.2, -0.15) is 5.10 Å². The molecular formula is C19H19N5O2S. The maximum atomic E-state index is 12.5. The van der Waals surface area contributed by atoms with Crippen molar-refractivity contribution in [3.63, 3.8) is 0 Å². The Kier molecular flexibility index (Phi) is 5.46. The lowest BCUT2D eigenvalue weighted by molar-refractivity contribution is 0.0939.